The lowest BCUT2D eigenvalue weighted by Gasteiger charge is -2.46. The molecule has 516 valence electrons. The van der Waals surface area contributed by atoms with Gasteiger partial charge in [0.25, 0.3) is 0 Å². The minimum absolute atomic E-state index is 0.297. The summed E-state index contributed by atoms with van der Waals surface area (Å²) in [6, 6.07) is 34.3. The summed E-state index contributed by atoms with van der Waals surface area (Å²) in [5.74, 6) is 3.46. The zero-order valence-electron chi connectivity index (χ0n) is 56.5. The first kappa shape index (κ1) is 67.9. The summed E-state index contributed by atoms with van der Waals surface area (Å²) < 4.78 is 23.3. The summed E-state index contributed by atoms with van der Waals surface area (Å²) in [7, 11) is 0. The van der Waals surface area contributed by atoms with Crippen LogP contribution in [0.3, 0.4) is 0 Å². The van der Waals surface area contributed by atoms with Crippen molar-refractivity contribution >= 4 is 64.6 Å². The van der Waals surface area contributed by atoms with Gasteiger partial charge in [-0.25, -0.2) is 19.2 Å². The molecule has 9 heterocycles. The molecular formula is C77H103N9O9S. The Kier molecular flexibility index (Phi) is 22.3. The fourth-order valence-corrected chi connectivity index (χ4v) is 19.0. The fourth-order valence-electron chi connectivity index (χ4n) is 17.9. The van der Waals surface area contributed by atoms with Crippen molar-refractivity contribution in [3.63, 3.8) is 0 Å². The van der Waals surface area contributed by atoms with Crippen LogP contribution in [0.25, 0.3) is 0 Å². The van der Waals surface area contributed by atoms with Crippen molar-refractivity contribution in [2.75, 3.05) is 98.3 Å². The van der Waals surface area contributed by atoms with Gasteiger partial charge in [0, 0.05) is 151 Å². The number of hydrogen-bond donors (Lipinski definition) is 4. The fraction of sp³-hybridized carbons (Fsp3) is 0.597. The predicted molar refractivity (Wildman–Crippen MR) is 380 cm³/mol. The number of amides is 4. The van der Waals surface area contributed by atoms with Gasteiger partial charge in [-0.3, -0.25) is 26.2 Å². The van der Waals surface area contributed by atoms with Crippen molar-refractivity contribution in [2.45, 2.75) is 207 Å². The molecule has 8 fully saturated rings. The average Bonchev–Trinajstić information content (AvgIpc) is 0.881. The van der Waals surface area contributed by atoms with Gasteiger partial charge in [0.15, 0.2) is 0 Å². The van der Waals surface area contributed by atoms with Gasteiger partial charge >= 0.3 is 24.4 Å². The van der Waals surface area contributed by atoms with Crippen LogP contribution in [0, 0.1) is 5.92 Å². The molecule has 0 atom stereocenters. The Morgan fingerprint density at radius 3 is 1.14 bits per heavy atom. The Morgan fingerprint density at radius 2 is 0.760 bits per heavy atom. The summed E-state index contributed by atoms with van der Waals surface area (Å²) >= 11 is 2.07. The zero-order chi connectivity index (χ0) is 65.8. The van der Waals surface area contributed by atoms with Crippen molar-refractivity contribution in [1.29, 1.82) is 0 Å². The second-order valence-electron chi connectivity index (χ2n) is 28.9. The van der Waals surface area contributed by atoms with Gasteiger partial charge in [0.1, 0.15) is 29.0 Å². The molecule has 18 nitrogen and oxygen atoms in total. The Hall–Kier alpha value is -6.64. The van der Waals surface area contributed by atoms with Crippen LogP contribution in [0.1, 0.15) is 189 Å². The number of piperidine rings is 4. The molecule has 12 aliphatic rings. The number of nitrogens with zero attached hydrogens (tertiary/aromatic N) is 5. The van der Waals surface area contributed by atoms with Crippen LogP contribution in [0.15, 0.2) is 115 Å². The van der Waals surface area contributed by atoms with Gasteiger partial charge in [0.05, 0.1) is 28.5 Å². The monoisotopic (exact) mass is 1330 g/mol. The van der Waals surface area contributed by atoms with E-state index in [4.69, 9.17) is 23.8 Å². The second kappa shape index (κ2) is 31.5. The lowest BCUT2D eigenvalue weighted by atomic mass is 9.81. The van der Waals surface area contributed by atoms with Crippen molar-refractivity contribution in [3.8, 4) is 0 Å². The number of ether oxygens (including phenoxy) is 4. The van der Waals surface area contributed by atoms with E-state index in [0.29, 0.717) is 12.6 Å². The van der Waals surface area contributed by atoms with Crippen LogP contribution in [0.5, 0.6) is 0 Å². The Labute approximate surface area is 573 Å². The number of carbonyl (C=O) groups excluding carboxylic acids is 4. The highest BCUT2D eigenvalue weighted by molar-refractivity contribution is 7.99. The molecule has 16 rings (SSSR count). The maximum absolute atomic E-state index is 12.1. The van der Waals surface area contributed by atoms with Crippen LogP contribution in [0.2, 0.25) is 0 Å². The highest BCUT2D eigenvalue weighted by atomic mass is 32.2. The number of nitrogens with one attached hydrogen (secondary N) is 4. The third-order valence-electron chi connectivity index (χ3n) is 23.2. The number of para-hydroxylation sites is 4. The van der Waals surface area contributed by atoms with Gasteiger partial charge in [0.2, 0.25) is 0 Å². The first-order valence-corrected chi connectivity index (χ1v) is 37.8. The molecule has 9 aliphatic heterocycles. The minimum Gasteiger partial charge on any atom is -0.438 e. The van der Waals surface area contributed by atoms with E-state index in [1.807, 2.05) is 72.8 Å². The van der Waals surface area contributed by atoms with Crippen molar-refractivity contribution in [2.24, 2.45) is 11.1 Å². The number of hydrogen-bond acceptors (Lipinski definition) is 15. The first-order chi connectivity index (χ1) is 47.0. The van der Waals surface area contributed by atoms with E-state index in [9.17, 15) is 19.2 Å². The van der Waals surface area contributed by atoms with E-state index < -0.39 is 22.4 Å². The zero-order valence-corrected chi connectivity index (χ0v) is 57.3. The van der Waals surface area contributed by atoms with E-state index in [-0.39, 0.29) is 24.4 Å². The molecule has 5 saturated heterocycles. The quantitative estimate of drug-likeness (QED) is 0.0565. The maximum atomic E-state index is 12.1. The van der Waals surface area contributed by atoms with E-state index in [0.717, 1.165) is 198 Å². The molecule has 4 aromatic carbocycles. The standard InChI is InChI=1S/C21H27N3O3.C21H30N2O2.C18H24N2O2.C17H22N2O2S/c1-2-15-26-23-16-7-9-17(10-8-16)24-13-11-21(12-14-24)18-5-3-4-6-19(18)22-20(25)27-21;24-20-22-19-12-8-7-11-18(19)21(25-20)13-15-23(16-14-21)17-9-5-3-1-2-4-6-10-17;21-17-19-16-8-4-3-7-15(16)18(22-17)9-11-20(12-10-18)13-14-5-1-2-6-14;20-16-18-15-4-2-1-3-14(15)17(21-16)7-9-19(10-8-17)13-5-11-22-12-6-13/h2-6,17H,1,7-15H2,(H,22,25);7-8,11-12,17H,1-6,9-10,13-16H2,(H,22,24);3-4,7-8,14H,1-2,5-6,9-13H2,(H,19,21);1-4,13H,5-12H2,(H,18,20). The Morgan fingerprint density at radius 1 is 0.438 bits per heavy atom. The summed E-state index contributed by atoms with van der Waals surface area (Å²) in [4.78, 5) is 63.6. The summed E-state index contributed by atoms with van der Waals surface area (Å²) in [5, 5.41) is 15.6. The number of likely N-dealkylation sites (tertiary alicyclic amines) is 4. The molecule has 4 aromatic rings. The van der Waals surface area contributed by atoms with Crippen LogP contribution < -0.4 is 21.3 Å². The number of benzene rings is 4. The number of carbonyl (C=O) groups is 4. The van der Waals surface area contributed by atoms with Gasteiger partial charge in [-0.15, -0.1) is 0 Å². The van der Waals surface area contributed by atoms with Gasteiger partial charge < -0.3 is 38.5 Å². The lowest BCUT2D eigenvalue weighted by molar-refractivity contribution is -0.0477. The smallest absolute Gasteiger partial charge is 0.412 e. The minimum atomic E-state index is -0.477. The molecule has 0 bridgehead atoms. The van der Waals surface area contributed by atoms with Crippen LogP contribution in [-0.4, -0.2) is 145 Å². The molecular weight excluding hydrogens is 1230 g/mol. The van der Waals surface area contributed by atoms with Crippen molar-refractivity contribution < 1.29 is 43.0 Å². The van der Waals surface area contributed by atoms with Crippen LogP contribution in [0.4, 0.5) is 41.9 Å². The highest BCUT2D eigenvalue weighted by Crippen LogP contribution is 2.49. The maximum Gasteiger partial charge on any atom is 0.412 e. The third kappa shape index (κ3) is 15.9. The second-order valence-corrected chi connectivity index (χ2v) is 30.2. The van der Waals surface area contributed by atoms with Crippen molar-refractivity contribution in [3.05, 3.63) is 132 Å². The van der Waals surface area contributed by atoms with Crippen molar-refractivity contribution in [1.82, 2.24) is 19.6 Å². The molecule has 3 aliphatic carbocycles. The molecule has 19 heteroatoms. The number of fused-ring (bicyclic) bond motifs is 8. The van der Waals surface area contributed by atoms with Gasteiger partial charge in [-0.05, 0) is 106 Å². The largest absolute Gasteiger partial charge is 0.438 e. The molecule has 4 spiro atoms. The molecule has 3 saturated carbocycles. The third-order valence-corrected chi connectivity index (χ3v) is 24.3. The molecule has 4 amide bonds. The topological polar surface area (TPSA) is 188 Å². The molecule has 0 unspecified atom stereocenters. The average molecular weight is 1330 g/mol. The SMILES string of the molecule is C=CCON=C1CCC(N2CCC3(CC2)OC(=O)Nc2ccccc23)CC1.O=C1Nc2ccccc2C2(CCN(C3CCCCCCCC3)CC2)O1.O=C1Nc2ccccc2C2(CCN(C3CCSCC3)CC2)O1.O=C1Nc2ccccc2C2(CCN(CC3CCCC3)CC2)O1. The first-order valence-electron chi connectivity index (χ1n) is 36.7. The molecule has 96 heavy (non-hydrogen) atoms. The van der Waals surface area contributed by atoms with E-state index in [1.165, 1.54) is 108 Å². The number of oxime groups is 1. The molecule has 0 radical (unpaired) electrons. The summed E-state index contributed by atoms with van der Waals surface area (Å²) in [5.41, 5.74) is 7.64. The van der Waals surface area contributed by atoms with Gasteiger partial charge in [-0.2, -0.15) is 11.8 Å². The van der Waals surface area contributed by atoms with E-state index in [1.54, 1.807) is 6.08 Å². The summed E-state index contributed by atoms with van der Waals surface area (Å²) in [6.45, 7) is 13.4. The molecule has 4 N–H and O–H groups in total. The normalized spacial score (nSPS) is 25.0. The van der Waals surface area contributed by atoms with E-state index in [2.05, 4.69) is 88.6 Å². The predicted octanol–water partition coefficient (Wildman–Crippen LogP) is 16.2. The number of thioether (sulfide) groups is 1. The van der Waals surface area contributed by atoms with E-state index >= 15 is 0 Å². The lowest BCUT2D eigenvalue weighted by Crippen LogP contribution is -2.51. The highest BCUT2D eigenvalue weighted by Gasteiger charge is 2.49. The number of anilines is 4. The van der Waals surface area contributed by atoms with Crippen LogP contribution in [-0.2, 0) is 46.2 Å². The van der Waals surface area contributed by atoms with Gasteiger partial charge in [-0.1, -0.05) is 142 Å². The Balaban J connectivity index is 0.000000116. The number of rotatable bonds is 8. The van der Waals surface area contributed by atoms with Crippen LogP contribution >= 0.6 is 11.8 Å². The molecule has 0 aromatic heterocycles. The summed E-state index contributed by atoms with van der Waals surface area (Å²) in [6.07, 6.45) is 31.0. The Bertz CT molecular complexity index is 3320.